The third kappa shape index (κ3) is 1.50. The number of imidazole rings is 1. The van der Waals surface area contributed by atoms with Crippen LogP contribution in [-0.4, -0.2) is 24.9 Å². The molecule has 0 spiro atoms. The molecule has 0 saturated heterocycles. The molecule has 0 radical (unpaired) electrons. The Morgan fingerprint density at radius 1 is 1.50 bits per heavy atom. The summed E-state index contributed by atoms with van der Waals surface area (Å²) in [5.41, 5.74) is 7.00. The number of nitrogen functional groups attached to an aromatic ring is 1. The predicted molar refractivity (Wildman–Crippen MR) is 55.1 cm³/mol. The summed E-state index contributed by atoms with van der Waals surface area (Å²) in [4.78, 5) is 12.1. The largest absolute Gasteiger partial charge is 0.382 e. The van der Waals surface area contributed by atoms with Crippen LogP contribution in [0.2, 0.25) is 0 Å². The van der Waals surface area contributed by atoms with Gasteiger partial charge >= 0.3 is 0 Å². The standard InChI is InChI=1S/C8H10ClN5/c1-5(9)2-14-4-13-6-7(10)11-3-12-8(6)14/h3-5H,2H2,1H3,(H2,10,11,12). The zero-order valence-electron chi connectivity index (χ0n) is 7.68. The quantitative estimate of drug-likeness (QED) is 0.754. The Kier molecular flexibility index (Phi) is 2.25. The number of nitrogens with two attached hydrogens (primary N) is 1. The third-order valence-electron chi connectivity index (χ3n) is 1.88. The molecule has 1 atom stereocenters. The zero-order valence-corrected chi connectivity index (χ0v) is 8.44. The maximum Gasteiger partial charge on any atom is 0.165 e. The summed E-state index contributed by atoms with van der Waals surface area (Å²) in [5, 5.41) is 0.0311. The number of rotatable bonds is 2. The lowest BCUT2D eigenvalue weighted by atomic mass is 10.4. The Morgan fingerprint density at radius 2 is 2.29 bits per heavy atom. The fourth-order valence-corrected chi connectivity index (χ4v) is 1.45. The van der Waals surface area contributed by atoms with Crippen molar-refractivity contribution in [1.82, 2.24) is 19.5 Å². The van der Waals surface area contributed by atoms with Gasteiger partial charge in [0.25, 0.3) is 0 Å². The molecule has 2 heterocycles. The molecule has 6 heteroatoms. The summed E-state index contributed by atoms with van der Waals surface area (Å²) in [6.45, 7) is 2.58. The van der Waals surface area contributed by atoms with Crippen LogP contribution in [0.3, 0.4) is 0 Å². The minimum Gasteiger partial charge on any atom is -0.382 e. The molecule has 0 saturated carbocycles. The normalized spacial score (nSPS) is 13.3. The monoisotopic (exact) mass is 211 g/mol. The number of halogens is 1. The Morgan fingerprint density at radius 3 is 3.00 bits per heavy atom. The lowest BCUT2D eigenvalue weighted by Gasteiger charge is -2.04. The van der Waals surface area contributed by atoms with E-state index in [1.165, 1.54) is 6.33 Å². The van der Waals surface area contributed by atoms with Gasteiger partial charge in [-0.25, -0.2) is 15.0 Å². The van der Waals surface area contributed by atoms with E-state index in [1.807, 2.05) is 11.5 Å². The fraction of sp³-hybridized carbons (Fsp3) is 0.375. The minimum atomic E-state index is 0.0311. The highest BCUT2D eigenvalue weighted by molar-refractivity contribution is 6.20. The first kappa shape index (κ1) is 9.21. The van der Waals surface area contributed by atoms with Gasteiger partial charge in [-0.05, 0) is 6.92 Å². The van der Waals surface area contributed by atoms with E-state index in [1.54, 1.807) is 6.33 Å². The first-order valence-corrected chi connectivity index (χ1v) is 4.67. The van der Waals surface area contributed by atoms with Crippen molar-refractivity contribution in [2.75, 3.05) is 5.73 Å². The maximum absolute atomic E-state index is 5.89. The van der Waals surface area contributed by atoms with Crippen LogP contribution in [0.25, 0.3) is 11.2 Å². The topological polar surface area (TPSA) is 69.6 Å². The van der Waals surface area contributed by atoms with E-state index in [2.05, 4.69) is 15.0 Å². The molecule has 0 fully saturated rings. The van der Waals surface area contributed by atoms with Crippen LogP contribution < -0.4 is 5.73 Å². The van der Waals surface area contributed by atoms with Gasteiger partial charge in [0.1, 0.15) is 11.8 Å². The molecule has 2 aromatic rings. The molecule has 2 aromatic heterocycles. The van der Waals surface area contributed by atoms with Crippen molar-refractivity contribution >= 4 is 28.6 Å². The fourth-order valence-electron chi connectivity index (χ4n) is 1.30. The van der Waals surface area contributed by atoms with Gasteiger partial charge in [-0.15, -0.1) is 11.6 Å². The van der Waals surface area contributed by atoms with Gasteiger partial charge in [-0.1, -0.05) is 0 Å². The van der Waals surface area contributed by atoms with Crippen molar-refractivity contribution in [3.8, 4) is 0 Å². The SMILES string of the molecule is CC(Cl)Cn1cnc2c(N)ncnc21. The summed E-state index contributed by atoms with van der Waals surface area (Å²) < 4.78 is 1.87. The van der Waals surface area contributed by atoms with E-state index >= 15 is 0 Å². The number of anilines is 1. The van der Waals surface area contributed by atoms with Crippen LogP contribution in [0.1, 0.15) is 6.92 Å². The highest BCUT2D eigenvalue weighted by Crippen LogP contribution is 2.14. The van der Waals surface area contributed by atoms with E-state index in [-0.39, 0.29) is 5.38 Å². The van der Waals surface area contributed by atoms with Crippen LogP contribution in [0.5, 0.6) is 0 Å². The highest BCUT2D eigenvalue weighted by Gasteiger charge is 2.08. The van der Waals surface area contributed by atoms with Gasteiger partial charge in [0.05, 0.1) is 6.33 Å². The Labute approximate surface area is 85.9 Å². The lowest BCUT2D eigenvalue weighted by Crippen LogP contribution is -2.06. The zero-order chi connectivity index (χ0) is 10.1. The molecule has 0 amide bonds. The van der Waals surface area contributed by atoms with E-state index in [4.69, 9.17) is 17.3 Å². The van der Waals surface area contributed by atoms with Crippen LogP contribution in [0, 0.1) is 0 Å². The van der Waals surface area contributed by atoms with E-state index in [9.17, 15) is 0 Å². The second-order valence-electron chi connectivity index (χ2n) is 3.11. The molecule has 0 bridgehead atoms. The Hall–Kier alpha value is -1.36. The molecule has 0 aromatic carbocycles. The van der Waals surface area contributed by atoms with Crippen molar-refractivity contribution < 1.29 is 0 Å². The minimum absolute atomic E-state index is 0.0311. The van der Waals surface area contributed by atoms with E-state index in [0.29, 0.717) is 17.9 Å². The number of hydrogen-bond donors (Lipinski definition) is 1. The molecule has 5 nitrogen and oxygen atoms in total. The van der Waals surface area contributed by atoms with Gasteiger partial charge in [0, 0.05) is 11.9 Å². The summed E-state index contributed by atoms with van der Waals surface area (Å²) in [7, 11) is 0. The second-order valence-corrected chi connectivity index (χ2v) is 3.85. The molecule has 74 valence electrons. The molecule has 2 N–H and O–H groups in total. The van der Waals surface area contributed by atoms with Crippen molar-refractivity contribution in [2.24, 2.45) is 0 Å². The molecule has 1 unspecified atom stereocenters. The lowest BCUT2D eigenvalue weighted by molar-refractivity contribution is 0.698. The van der Waals surface area contributed by atoms with Crippen molar-refractivity contribution in [1.29, 1.82) is 0 Å². The van der Waals surface area contributed by atoms with Crippen LogP contribution in [0.15, 0.2) is 12.7 Å². The first-order valence-electron chi connectivity index (χ1n) is 4.24. The van der Waals surface area contributed by atoms with Gasteiger partial charge < -0.3 is 10.3 Å². The number of fused-ring (bicyclic) bond motifs is 1. The van der Waals surface area contributed by atoms with Crippen LogP contribution in [0.4, 0.5) is 5.82 Å². The summed E-state index contributed by atoms with van der Waals surface area (Å²) in [6.07, 6.45) is 3.10. The summed E-state index contributed by atoms with van der Waals surface area (Å²) in [6, 6.07) is 0. The number of hydrogen-bond acceptors (Lipinski definition) is 4. The Bertz CT molecular complexity index is 450. The molecular weight excluding hydrogens is 202 g/mol. The number of aromatic nitrogens is 4. The van der Waals surface area contributed by atoms with Gasteiger partial charge in [0.15, 0.2) is 11.5 Å². The molecule has 0 aliphatic rings. The van der Waals surface area contributed by atoms with Crippen molar-refractivity contribution in [2.45, 2.75) is 18.8 Å². The first-order chi connectivity index (χ1) is 6.68. The summed E-state index contributed by atoms with van der Waals surface area (Å²) >= 11 is 5.89. The molecule has 0 aliphatic heterocycles. The smallest absolute Gasteiger partial charge is 0.165 e. The van der Waals surface area contributed by atoms with Gasteiger partial charge in [-0.2, -0.15) is 0 Å². The van der Waals surface area contributed by atoms with E-state index < -0.39 is 0 Å². The van der Waals surface area contributed by atoms with Crippen LogP contribution >= 0.6 is 11.6 Å². The molecule has 14 heavy (non-hydrogen) atoms. The molecule has 0 aliphatic carbocycles. The van der Waals surface area contributed by atoms with Crippen molar-refractivity contribution in [3.63, 3.8) is 0 Å². The average Bonchev–Trinajstić information content (AvgIpc) is 2.49. The van der Waals surface area contributed by atoms with Crippen molar-refractivity contribution in [3.05, 3.63) is 12.7 Å². The molecule has 2 rings (SSSR count). The predicted octanol–water partition coefficient (Wildman–Crippen LogP) is 1.04. The third-order valence-corrected chi connectivity index (χ3v) is 2.02. The molecular formula is C8H10ClN5. The highest BCUT2D eigenvalue weighted by atomic mass is 35.5. The summed E-state index contributed by atoms with van der Waals surface area (Å²) in [5.74, 6) is 0.399. The number of nitrogens with zero attached hydrogens (tertiary/aromatic N) is 4. The van der Waals surface area contributed by atoms with E-state index in [0.717, 1.165) is 5.65 Å². The van der Waals surface area contributed by atoms with Crippen LogP contribution in [-0.2, 0) is 6.54 Å². The Balaban J connectivity index is 2.52. The maximum atomic E-state index is 5.89. The van der Waals surface area contributed by atoms with Gasteiger partial charge in [0.2, 0.25) is 0 Å². The van der Waals surface area contributed by atoms with Gasteiger partial charge in [-0.3, -0.25) is 0 Å². The average molecular weight is 212 g/mol. The second kappa shape index (κ2) is 3.42. The number of alkyl halides is 1.